The molecule has 0 unspecified atom stereocenters. The second kappa shape index (κ2) is 5.30. The average Bonchev–Trinajstić information content (AvgIpc) is 2.55. The van der Waals surface area contributed by atoms with Crippen LogP contribution in [0.15, 0.2) is 0 Å². The Labute approximate surface area is 118 Å². The fourth-order valence-electron chi connectivity index (χ4n) is 1.52. The summed E-state index contributed by atoms with van der Waals surface area (Å²) >= 11 is 0. The minimum Gasteiger partial charge on any atom is -0.458 e. The van der Waals surface area contributed by atoms with Gasteiger partial charge in [-0.2, -0.15) is 0 Å². The minimum absolute atomic E-state index is 0.0946. The highest BCUT2D eigenvalue weighted by Gasteiger charge is 2.40. The third-order valence-corrected chi connectivity index (χ3v) is 2.21. The van der Waals surface area contributed by atoms with Crippen LogP contribution in [0.4, 0.5) is 9.59 Å². The van der Waals surface area contributed by atoms with E-state index in [4.69, 9.17) is 9.47 Å². The van der Waals surface area contributed by atoms with Crippen LogP contribution >= 0.6 is 0 Å². The Morgan fingerprint density at radius 2 is 1.60 bits per heavy atom. The van der Waals surface area contributed by atoms with Crippen molar-refractivity contribution in [2.75, 3.05) is 6.54 Å². The van der Waals surface area contributed by atoms with E-state index in [-0.39, 0.29) is 6.54 Å². The number of carbonyl (C=O) groups excluding carboxylic acids is 3. The number of nitrogens with one attached hydrogen (secondary N) is 1. The molecule has 20 heavy (non-hydrogen) atoms. The number of esters is 1. The number of rotatable bonds is 1. The Morgan fingerprint density at radius 1 is 1.10 bits per heavy atom. The molecule has 1 N–H and O–H groups in total. The normalized spacial score (nSPS) is 19.6. The van der Waals surface area contributed by atoms with Crippen molar-refractivity contribution in [1.82, 2.24) is 10.2 Å². The highest BCUT2D eigenvalue weighted by Crippen LogP contribution is 2.15. The lowest BCUT2D eigenvalue weighted by Gasteiger charge is -2.23. The highest BCUT2D eigenvalue weighted by atomic mass is 16.6. The van der Waals surface area contributed by atoms with Crippen LogP contribution in [0.1, 0.15) is 41.5 Å². The van der Waals surface area contributed by atoms with Gasteiger partial charge in [0.15, 0.2) is 0 Å². The van der Waals surface area contributed by atoms with Crippen molar-refractivity contribution < 1.29 is 23.9 Å². The fourth-order valence-corrected chi connectivity index (χ4v) is 1.52. The van der Waals surface area contributed by atoms with Gasteiger partial charge in [0.05, 0.1) is 6.54 Å². The first kappa shape index (κ1) is 16.3. The number of imide groups is 1. The SMILES string of the molecule is CC(C)(C)OC(=O)[C@@H]1CN(C(=O)OC(C)(C)C)C(=O)N1. The van der Waals surface area contributed by atoms with Crippen molar-refractivity contribution in [2.45, 2.75) is 58.8 Å². The van der Waals surface area contributed by atoms with Crippen molar-refractivity contribution in [1.29, 1.82) is 0 Å². The molecule has 1 atom stereocenters. The molecule has 0 aliphatic carbocycles. The van der Waals surface area contributed by atoms with Crippen molar-refractivity contribution in [2.24, 2.45) is 0 Å². The molecule has 1 saturated heterocycles. The summed E-state index contributed by atoms with van der Waals surface area (Å²) in [6.07, 6.45) is -0.777. The van der Waals surface area contributed by atoms with Gasteiger partial charge in [-0.1, -0.05) is 0 Å². The molecule has 0 aromatic rings. The van der Waals surface area contributed by atoms with Gasteiger partial charge in [-0.25, -0.2) is 19.3 Å². The van der Waals surface area contributed by atoms with E-state index >= 15 is 0 Å². The summed E-state index contributed by atoms with van der Waals surface area (Å²) in [7, 11) is 0. The highest BCUT2D eigenvalue weighted by molar-refractivity contribution is 5.97. The molecule has 1 fully saturated rings. The summed E-state index contributed by atoms with van der Waals surface area (Å²) < 4.78 is 10.3. The monoisotopic (exact) mass is 286 g/mol. The zero-order valence-electron chi connectivity index (χ0n) is 12.8. The van der Waals surface area contributed by atoms with Crippen molar-refractivity contribution >= 4 is 18.1 Å². The number of urea groups is 1. The topological polar surface area (TPSA) is 84.9 Å². The van der Waals surface area contributed by atoms with E-state index in [9.17, 15) is 14.4 Å². The van der Waals surface area contributed by atoms with Crippen molar-refractivity contribution in [3.05, 3.63) is 0 Å². The molecule has 1 rings (SSSR count). The van der Waals surface area contributed by atoms with E-state index in [1.165, 1.54) is 0 Å². The first-order chi connectivity index (χ1) is 8.89. The number of hydrogen-bond donors (Lipinski definition) is 1. The predicted octanol–water partition coefficient (Wildman–Crippen LogP) is 1.66. The lowest BCUT2D eigenvalue weighted by Crippen LogP contribution is -2.39. The van der Waals surface area contributed by atoms with Crippen LogP contribution in [0.25, 0.3) is 0 Å². The molecule has 1 aliphatic heterocycles. The average molecular weight is 286 g/mol. The molecular weight excluding hydrogens is 264 g/mol. The van der Waals surface area contributed by atoms with Gasteiger partial charge in [0.2, 0.25) is 0 Å². The molecule has 114 valence electrons. The summed E-state index contributed by atoms with van der Waals surface area (Å²) in [4.78, 5) is 36.2. The van der Waals surface area contributed by atoms with Gasteiger partial charge in [0.25, 0.3) is 0 Å². The summed E-state index contributed by atoms with van der Waals surface area (Å²) in [5, 5.41) is 2.40. The van der Waals surface area contributed by atoms with Crippen molar-refractivity contribution in [3.63, 3.8) is 0 Å². The number of ether oxygens (including phenoxy) is 2. The van der Waals surface area contributed by atoms with Crippen LogP contribution in [-0.2, 0) is 14.3 Å². The van der Waals surface area contributed by atoms with Gasteiger partial charge in [0.1, 0.15) is 17.2 Å². The minimum atomic E-state index is -0.866. The molecule has 0 spiro atoms. The fraction of sp³-hybridized carbons (Fsp3) is 0.769. The Kier molecular flexibility index (Phi) is 4.31. The molecule has 0 aromatic carbocycles. The zero-order chi connectivity index (χ0) is 15.7. The van der Waals surface area contributed by atoms with Gasteiger partial charge in [-0.3, -0.25) is 0 Å². The quantitative estimate of drug-likeness (QED) is 0.741. The summed E-state index contributed by atoms with van der Waals surface area (Å²) in [6.45, 7) is 10.2. The summed E-state index contributed by atoms with van der Waals surface area (Å²) in [5.74, 6) is -0.572. The Balaban J connectivity index is 2.66. The third kappa shape index (κ3) is 4.71. The largest absolute Gasteiger partial charge is 0.458 e. The van der Waals surface area contributed by atoms with Crippen LogP contribution in [0, 0.1) is 0 Å². The van der Waals surface area contributed by atoms with Crippen LogP contribution in [0.2, 0.25) is 0 Å². The standard InChI is InChI=1S/C13H22N2O5/c1-12(2,3)19-9(16)8-7-15(10(17)14-8)11(18)20-13(4,5)6/h8H,7H2,1-6H3,(H,14,17)/t8-/m0/s1. The number of nitrogens with zero attached hydrogens (tertiary/aromatic N) is 1. The molecule has 3 amide bonds. The predicted molar refractivity (Wildman–Crippen MR) is 71.1 cm³/mol. The van der Waals surface area contributed by atoms with Crippen LogP contribution < -0.4 is 5.32 Å². The maximum atomic E-state index is 11.8. The van der Waals surface area contributed by atoms with Gasteiger partial charge >= 0.3 is 18.1 Å². The Morgan fingerprint density at radius 3 is 2.05 bits per heavy atom. The molecule has 0 saturated carbocycles. The number of carbonyl (C=O) groups is 3. The van der Waals surface area contributed by atoms with E-state index in [2.05, 4.69) is 5.32 Å². The molecule has 0 radical (unpaired) electrons. The van der Waals surface area contributed by atoms with E-state index < -0.39 is 35.3 Å². The van der Waals surface area contributed by atoms with Crippen molar-refractivity contribution in [3.8, 4) is 0 Å². The van der Waals surface area contributed by atoms with E-state index in [0.717, 1.165) is 4.90 Å². The maximum Gasteiger partial charge on any atom is 0.418 e. The van der Waals surface area contributed by atoms with Gasteiger partial charge < -0.3 is 14.8 Å². The molecule has 7 heteroatoms. The summed E-state index contributed by atoms with van der Waals surface area (Å²) in [6, 6.07) is -1.52. The molecule has 1 heterocycles. The smallest absolute Gasteiger partial charge is 0.418 e. The molecular formula is C13H22N2O5. The number of amides is 3. The summed E-state index contributed by atoms with van der Waals surface area (Å²) in [5.41, 5.74) is -1.36. The van der Waals surface area contributed by atoms with E-state index in [0.29, 0.717) is 0 Å². The zero-order valence-corrected chi connectivity index (χ0v) is 12.8. The second-order valence-corrected chi connectivity index (χ2v) is 6.63. The maximum absolute atomic E-state index is 11.8. The Hall–Kier alpha value is -1.79. The third-order valence-electron chi connectivity index (χ3n) is 2.21. The lowest BCUT2D eigenvalue weighted by atomic mass is 10.2. The first-order valence-corrected chi connectivity index (χ1v) is 6.43. The molecule has 0 bridgehead atoms. The van der Waals surface area contributed by atoms with Gasteiger partial charge in [-0.15, -0.1) is 0 Å². The number of hydrogen-bond acceptors (Lipinski definition) is 5. The van der Waals surface area contributed by atoms with E-state index in [1.807, 2.05) is 0 Å². The Bertz CT molecular complexity index is 419. The van der Waals surface area contributed by atoms with Gasteiger partial charge in [0, 0.05) is 0 Å². The molecule has 0 aromatic heterocycles. The van der Waals surface area contributed by atoms with Crippen LogP contribution in [-0.4, -0.2) is 46.8 Å². The van der Waals surface area contributed by atoms with Crippen LogP contribution in [0.3, 0.4) is 0 Å². The molecule has 7 nitrogen and oxygen atoms in total. The lowest BCUT2D eigenvalue weighted by molar-refractivity contribution is -0.156. The molecule has 1 aliphatic rings. The second-order valence-electron chi connectivity index (χ2n) is 6.63. The van der Waals surface area contributed by atoms with Gasteiger partial charge in [-0.05, 0) is 41.5 Å². The first-order valence-electron chi connectivity index (χ1n) is 6.43. The van der Waals surface area contributed by atoms with Crippen LogP contribution in [0.5, 0.6) is 0 Å². The van der Waals surface area contributed by atoms with E-state index in [1.54, 1.807) is 41.5 Å².